The van der Waals surface area contributed by atoms with E-state index in [0.717, 1.165) is 0 Å². The van der Waals surface area contributed by atoms with Gasteiger partial charge in [-0.25, -0.2) is 14.6 Å². The molecule has 0 heterocycles. The number of hydrogen-bond acceptors (Lipinski definition) is 6. The Morgan fingerprint density at radius 3 is 2.42 bits per heavy atom. The third-order valence-corrected chi connectivity index (χ3v) is 2.44. The summed E-state index contributed by atoms with van der Waals surface area (Å²) in [5.74, 6) is -0.620. The lowest BCUT2D eigenvalue weighted by atomic mass is 10.2. The molecule has 0 unspecified atom stereocenters. The number of carbonyl (C=O) groups excluding carboxylic acids is 2. The third-order valence-electron chi connectivity index (χ3n) is 2.44. The van der Waals surface area contributed by atoms with Gasteiger partial charge in [0.05, 0.1) is 12.3 Å². The Labute approximate surface area is 141 Å². The molecule has 0 spiro atoms. The maximum Gasteiger partial charge on any atom is 0.413 e. The van der Waals surface area contributed by atoms with Crippen molar-refractivity contribution in [2.45, 2.75) is 33.3 Å². The van der Waals surface area contributed by atoms with E-state index < -0.39 is 17.7 Å². The van der Waals surface area contributed by atoms with Crippen LogP contribution < -0.4 is 11.1 Å². The zero-order chi connectivity index (χ0) is 18.2. The SMILES string of the molecule is CCOC(=O)C(N)=CC(=Nc1ccccc1)NC(=O)OC(C)(C)C. The lowest BCUT2D eigenvalue weighted by Gasteiger charge is -2.19. The number of alkyl carbamates (subject to hydrolysis) is 1. The van der Waals surface area contributed by atoms with Gasteiger partial charge in [0.2, 0.25) is 0 Å². The van der Waals surface area contributed by atoms with Gasteiger partial charge in [0.25, 0.3) is 0 Å². The monoisotopic (exact) mass is 333 g/mol. The van der Waals surface area contributed by atoms with Gasteiger partial charge in [-0.3, -0.25) is 5.32 Å². The first-order valence-electron chi connectivity index (χ1n) is 7.49. The highest BCUT2D eigenvalue weighted by molar-refractivity contribution is 6.07. The Morgan fingerprint density at radius 2 is 1.88 bits per heavy atom. The summed E-state index contributed by atoms with van der Waals surface area (Å²) in [5.41, 5.74) is 5.41. The van der Waals surface area contributed by atoms with E-state index in [1.807, 2.05) is 6.07 Å². The number of nitrogens with one attached hydrogen (secondary N) is 1. The number of benzene rings is 1. The summed E-state index contributed by atoms with van der Waals surface area (Å²) in [7, 11) is 0. The summed E-state index contributed by atoms with van der Waals surface area (Å²) in [6.07, 6.45) is 0.527. The fourth-order valence-corrected chi connectivity index (χ4v) is 1.57. The molecule has 130 valence electrons. The van der Waals surface area contributed by atoms with Crippen molar-refractivity contribution in [2.24, 2.45) is 10.7 Å². The van der Waals surface area contributed by atoms with Crippen molar-refractivity contribution in [1.29, 1.82) is 0 Å². The molecule has 1 aromatic carbocycles. The highest BCUT2D eigenvalue weighted by Crippen LogP contribution is 2.11. The Morgan fingerprint density at radius 1 is 1.25 bits per heavy atom. The quantitative estimate of drug-likeness (QED) is 0.381. The molecule has 0 aliphatic rings. The number of para-hydroxylation sites is 1. The summed E-state index contributed by atoms with van der Waals surface area (Å²) in [4.78, 5) is 27.8. The summed E-state index contributed by atoms with van der Waals surface area (Å²) in [6, 6.07) is 8.91. The van der Waals surface area contributed by atoms with Crippen molar-refractivity contribution in [3.05, 3.63) is 42.1 Å². The van der Waals surface area contributed by atoms with Crippen LogP contribution in [-0.4, -0.2) is 30.1 Å². The topological polar surface area (TPSA) is 103 Å². The molecule has 24 heavy (non-hydrogen) atoms. The molecular weight excluding hydrogens is 310 g/mol. The van der Waals surface area contributed by atoms with Crippen LogP contribution in [0.4, 0.5) is 10.5 Å². The minimum Gasteiger partial charge on any atom is -0.461 e. The smallest absolute Gasteiger partial charge is 0.413 e. The van der Waals surface area contributed by atoms with Crippen LogP contribution in [0.1, 0.15) is 27.7 Å². The normalized spacial score (nSPS) is 12.5. The fourth-order valence-electron chi connectivity index (χ4n) is 1.57. The standard InChI is InChI=1S/C17H23N3O4/c1-5-23-15(21)13(18)11-14(19-12-9-7-6-8-10-12)20-16(22)24-17(2,3)4/h6-11H,5,18H2,1-4H3,(H,19,20,22). The number of amides is 1. The van der Waals surface area contributed by atoms with Gasteiger partial charge in [-0.05, 0) is 39.8 Å². The second kappa shape index (κ2) is 8.71. The number of esters is 1. The third kappa shape index (κ3) is 7.44. The molecule has 0 aromatic heterocycles. The van der Waals surface area contributed by atoms with Gasteiger partial charge in [0.1, 0.15) is 17.1 Å². The van der Waals surface area contributed by atoms with Gasteiger partial charge in [-0.1, -0.05) is 18.2 Å². The molecule has 0 bridgehead atoms. The molecule has 0 aliphatic carbocycles. The number of nitrogens with zero attached hydrogens (tertiary/aromatic N) is 1. The number of nitrogens with two attached hydrogens (primary N) is 1. The van der Waals surface area contributed by atoms with E-state index in [4.69, 9.17) is 15.2 Å². The maximum absolute atomic E-state index is 11.9. The molecular formula is C17H23N3O4. The van der Waals surface area contributed by atoms with E-state index in [1.54, 1.807) is 52.0 Å². The van der Waals surface area contributed by atoms with Crippen molar-refractivity contribution < 1.29 is 19.1 Å². The lowest BCUT2D eigenvalue weighted by Crippen LogP contribution is -2.36. The number of amidine groups is 1. The predicted octanol–water partition coefficient (Wildman–Crippen LogP) is 2.65. The van der Waals surface area contributed by atoms with E-state index in [9.17, 15) is 9.59 Å². The Bertz CT molecular complexity index is 631. The molecule has 7 heteroatoms. The highest BCUT2D eigenvalue weighted by atomic mass is 16.6. The molecule has 7 nitrogen and oxygen atoms in total. The van der Waals surface area contributed by atoms with Crippen molar-refractivity contribution in [3.8, 4) is 0 Å². The first-order chi connectivity index (χ1) is 11.2. The van der Waals surface area contributed by atoms with Crippen molar-refractivity contribution in [1.82, 2.24) is 5.32 Å². The molecule has 3 N–H and O–H groups in total. The minimum absolute atomic E-state index is 0.0704. The maximum atomic E-state index is 11.9. The van der Waals surface area contributed by atoms with Gasteiger partial charge in [0.15, 0.2) is 0 Å². The predicted molar refractivity (Wildman–Crippen MR) is 91.8 cm³/mol. The number of rotatable bonds is 4. The summed E-state index contributed by atoms with van der Waals surface area (Å²) < 4.78 is 9.99. The van der Waals surface area contributed by atoms with Crippen LogP contribution in [-0.2, 0) is 14.3 Å². The second-order valence-electron chi connectivity index (χ2n) is 5.78. The molecule has 0 fully saturated rings. The van der Waals surface area contributed by atoms with E-state index in [1.165, 1.54) is 6.08 Å². The van der Waals surface area contributed by atoms with Crippen LogP contribution in [0.5, 0.6) is 0 Å². The Balaban J connectivity index is 3.04. The van der Waals surface area contributed by atoms with E-state index in [-0.39, 0.29) is 18.1 Å². The zero-order valence-corrected chi connectivity index (χ0v) is 14.3. The second-order valence-corrected chi connectivity index (χ2v) is 5.78. The van der Waals surface area contributed by atoms with Crippen LogP contribution in [0.2, 0.25) is 0 Å². The minimum atomic E-state index is -0.704. The fraction of sp³-hybridized carbons (Fsp3) is 0.353. The average Bonchev–Trinajstić information content (AvgIpc) is 2.46. The van der Waals surface area contributed by atoms with Crippen LogP contribution >= 0.6 is 0 Å². The van der Waals surface area contributed by atoms with Crippen molar-refractivity contribution >= 4 is 23.6 Å². The first-order valence-corrected chi connectivity index (χ1v) is 7.49. The summed E-state index contributed by atoms with van der Waals surface area (Å²) in [6.45, 7) is 7.08. The number of carbonyl (C=O) groups is 2. The molecule has 0 aliphatic heterocycles. The largest absolute Gasteiger partial charge is 0.461 e. The molecule has 1 aromatic rings. The zero-order valence-electron chi connectivity index (χ0n) is 14.3. The number of ether oxygens (including phenoxy) is 2. The van der Waals surface area contributed by atoms with Crippen LogP contribution in [0.15, 0.2) is 47.1 Å². The number of hydrogen-bond donors (Lipinski definition) is 2. The van der Waals surface area contributed by atoms with E-state index >= 15 is 0 Å². The molecule has 0 atom stereocenters. The number of aliphatic imine (C=N–C) groups is 1. The van der Waals surface area contributed by atoms with Crippen LogP contribution in [0.3, 0.4) is 0 Å². The van der Waals surface area contributed by atoms with Gasteiger partial charge in [-0.15, -0.1) is 0 Å². The summed E-state index contributed by atoms with van der Waals surface area (Å²) >= 11 is 0. The first kappa shape index (κ1) is 19.2. The van der Waals surface area contributed by atoms with E-state index in [0.29, 0.717) is 5.69 Å². The van der Waals surface area contributed by atoms with E-state index in [2.05, 4.69) is 10.3 Å². The van der Waals surface area contributed by atoms with Gasteiger partial charge in [0, 0.05) is 6.08 Å². The van der Waals surface area contributed by atoms with Gasteiger partial charge in [-0.2, -0.15) is 0 Å². The molecule has 0 radical (unpaired) electrons. The van der Waals surface area contributed by atoms with Gasteiger partial charge < -0.3 is 15.2 Å². The molecule has 1 amide bonds. The summed E-state index contributed by atoms with van der Waals surface area (Å²) in [5, 5.41) is 2.47. The Kier molecular flexibility index (Phi) is 6.98. The van der Waals surface area contributed by atoms with Crippen molar-refractivity contribution in [2.75, 3.05) is 6.61 Å². The average molecular weight is 333 g/mol. The van der Waals surface area contributed by atoms with Crippen LogP contribution in [0.25, 0.3) is 0 Å². The van der Waals surface area contributed by atoms with Crippen molar-refractivity contribution in [3.63, 3.8) is 0 Å². The van der Waals surface area contributed by atoms with Gasteiger partial charge >= 0.3 is 12.1 Å². The molecule has 0 saturated carbocycles. The molecule has 1 rings (SSSR count). The van der Waals surface area contributed by atoms with Crippen LogP contribution in [0, 0.1) is 0 Å². The lowest BCUT2D eigenvalue weighted by molar-refractivity contribution is -0.138. The Hall–Kier alpha value is -2.83. The highest BCUT2D eigenvalue weighted by Gasteiger charge is 2.17. The molecule has 0 saturated heterocycles.